The number of carbonyl (C=O) groups is 1. The molecule has 0 aromatic rings. The summed E-state index contributed by atoms with van der Waals surface area (Å²) in [5.41, 5.74) is 1.32. The second kappa shape index (κ2) is 5.10. The van der Waals surface area contributed by atoms with Gasteiger partial charge in [0.15, 0.2) is 0 Å². The van der Waals surface area contributed by atoms with E-state index in [9.17, 15) is 4.79 Å². The Morgan fingerprint density at radius 3 is 2.81 bits per heavy atom. The van der Waals surface area contributed by atoms with Crippen molar-refractivity contribution in [3.8, 4) is 0 Å². The van der Waals surface area contributed by atoms with Gasteiger partial charge < -0.3 is 5.32 Å². The van der Waals surface area contributed by atoms with E-state index in [1.807, 2.05) is 6.08 Å². The average Bonchev–Trinajstić information content (AvgIpc) is 2.31. The number of carbonyl (C=O) groups excluding carboxylic acids is 1. The summed E-state index contributed by atoms with van der Waals surface area (Å²) in [5.74, 6) is -0.0544. The monoisotopic (exact) mass is 218 g/mol. The molecule has 1 saturated carbocycles. The minimum atomic E-state index is -0.0544. The van der Waals surface area contributed by atoms with Crippen molar-refractivity contribution < 1.29 is 4.79 Å². The Morgan fingerprint density at radius 1 is 1.38 bits per heavy atom. The van der Waals surface area contributed by atoms with Gasteiger partial charge in [0, 0.05) is 12.2 Å². The molecule has 1 aliphatic heterocycles. The van der Waals surface area contributed by atoms with Crippen LogP contribution in [0.15, 0.2) is 29.4 Å². The number of hydrogen-bond acceptors (Lipinski definition) is 2. The molecule has 0 saturated heterocycles. The lowest BCUT2D eigenvalue weighted by Crippen LogP contribution is -2.40. The standard InChI is InChI=1S/C13H18N2O/c1-10-6-5-9-14-12(10)13(16)15-11-7-3-2-4-8-11/h5,9,11H,1-4,6-8H2,(H,15,16). The fraction of sp³-hybridized carbons (Fsp3) is 0.538. The molecule has 1 fully saturated rings. The van der Waals surface area contributed by atoms with Crippen LogP contribution in [0.2, 0.25) is 0 Å². The van der Waals surface area contributed by atoms with Crippen LogP contribution in [0.4, 0.5) is 0 Å². The van der Waals surface area contributed by atoms with Gasteiger partial charge in [-0.05, 0) is 24.8 Å². The number of nitrogens with one attached hydrogen (secondary N) is 1. The maximum absolute atomic E-state index is 11.9. The minimum absolute atomic E-state index is 0.0544. The summed E-state index contributed by atoms with van der Waals surface area (Å²) < 4.78 is 0. The Labute approximate surface area is 96.3 Å². The number of aliphatic imine (C=N–C) groups is 1. The molecule has 86 valence electrons. The van der Waals surface area contributed by atoms with Crippen molar-refractivity contribution in [2.24, 2.45) is 4.99 Å². The first-order valence-corrected chi connectivity index (χ1v) is 5.99. The Morgan fingerprint density at radius 2 is 2.12 bits per heavy atom. The van der Waals surface area contributed by atoms with E-state index in [1.165, 1.54) is 19.3 Å². The summed E-state index contributed by atoms with van der Waals surface area (Å²) in [6.07, 6.45) is 10.3. The molecule has 1 aliphatic carbocycles. The van der Waals surface area contributed by atoms with Crippen LogP contribution in [0.25, 0.3) is 0 Å². The molecule has 0 aromatic carbocycles. The third-order valence-electron chi connectivity index (χ3n) is 3.16. The second-order valence-corrected chi connectivity index (χ2v) is 4.48. The van der Waals surface area contributed by atoms with E-state index >= 15 is 0 Å². The number of allylic oxidation sites excluding steroid dienone is 1. The molecule has 1 N–H and O–H groups in total. The predicted molar refractivity (Wildman–Crippen MR) is 65.3 cm³/mol. The molecule has 3 heteroatoms. The van der Waals surface area contributed by atoms with Crippen molar-refractivity contribution >= 4 is 11.6 Å². The third-order valence-corrected chi connectivity index (χ3v) is 3.16. The van der Waals surface area contributed by atoms with Crippen molar-refractivity contribution in [3.05, 3.63) is 24.4 Å². The SMILES string of the molecule is C=C1CC=CN=C1C(=O)NC1CCCCC1. The Balaban J connectivity index is 1.94. The van der Waals surface area contributed by atoms with E-state index in [4.69, 9.17) is 0 Å². The zero-order valence-corrected chi connectivity index (χ0v) is 9.54. The lowest BCUT2D eigenvalue weighted by Gasteiger charge is -2.23. The lowest BCUT2D eigenvalue weighted by molar-refractivity contribution is -0.115. The van der Waals surface area contributed by atoms with Gasteiger partial charge in [-0.1, -0.05) is 31.9 Å². The van der Waals surface area contributed by atoms with Gasteiger partial charge in [0.2, 0.25) is 0 Å². The fourth-order valence-corrected chi connectivity index (χ4v) is 2.23. The molecular weight excluding hydrogens is 200 g/mol. The maximum atomic E-state index is 11.9. The van der Waals surface area contributed by atoms with E-state index in [-0.39, 0.29) is 5.91 Å². The average molecular weight is 218 g/mol. The molecular formula is C13H18N2O. The summed E-state index contributed by atoms with van der Waals surface area (Å²) in [6, 6.07) is 0.336. The van der Waals surface area contributed by atoms with E-state index in [2.05, 4.69) is 16.9 Å². The molecule has 2 aliphatic rings. The van der Waals surface area contributed by atoms with Crippen LogP contribution in [0, 0.1) is 0 Å². The molecule has 0 spiro atoms. The van der Waals surface area contributed by atoms with Crippen LogP contribution in [0.1, 0.15) is 38.5 Å². The smallest absolute Gasteiger partial charge is 0.270 e. The van der Waals surface area contributed by atoms with Gasteiger partial charge in [-0.3, -0.25) is 9.79 Å². The fourth-order valence-electron chi connectivity index (χ4n) is 2.23. The molecule has 0 unspecified atom stereocenters. The Hall–Kier alpha value is -1.38. The molecule has 0 bridgehead atoms. The summed E-state index contributed by atoms with van der Waals surface area (Å²) in [7, 11) is 0. The van der Waals surface area contributed by atoms with Gasteiger partial charge in [0.25, 0.3) is 5.91 Å². The van der Waals surface area contributed by atoms with Crippen molar-refractivity contribution in [1.29, 1.82) is 0 Å². The summed E-state index contributed by atoms with van der Waals surface area (Å²) in [5, 5.41) is 3.05. The summed E-state index contributed by atoms with van der Waals surface area (Å²) >= 11 is 0. The topological polar surface area (TPSA) is 41.5 Å². The van der Waals surface area contributed by atoms with E-state index in [0.717, 1.165) is 24.8 Å². The Bertz CT molecular complexity index is 349. The normalized spacial score (nSPS) is 21.8. The number of nitrogens with zero attached hydrogens (tertiary/aromatic N) is 1. The van der Waals surface area contributed by atoms with Crippen molar-refractivity contribution in [3.63, 3.8) is 0 Å². The van der Waals surface area contributed by atoms with Crippen LogP contribution in [-0.4, -0.2) is 17.7 Å². The molecule has 1 heterocycles. The zero-order valence-electron chi connectivity index (χ0n) is 9.54. The Kier molecular flexibility index (Phi) is 3.54. The first kappa shape index (κ1) is 11.1. The molecule has 0 radical (unpaired) electrons. The molecule has 3 nitrogen and oxygen atoms in total. The third kappa shape index (κ3) is 2.60. The summed E-state index contributed by atoms with van der Waals surface area (Å²) in [6.45, 7) is 3.87. The van der Waals surface area contributed by atoms with Gasteiger partial charge in [-0.15, -0.1) is 0 Å². The highest BCUT2D eigenvalue weighted by Gasteiger charge is 2.20. The van der Waals surface area contributed by atoms with Crippen LogP contribution >= 0.6 is 0 Å². The van der Waals surface area contributed by atoms with Crippen molar-refractivity contribution in [1.82, 2.24) is 5.32 Å². The number of rotatable bonds is 2. The zero-order chi connectivity index (χ0) is 11.4. The van der Waals surface area contributed by atoms with Gasteiger partial charge in [-0.2, -0.15) is 0 Å². The van der Waals surface area contributed by atoms with Crippen molar-refractivity contribution in [2.75, 3.05) is 0 Å². The van der Waals surface area contributed by atoms with E-state index < -0.39 is 0 Å². The van der Waals surface area contributed by atoms with Crippen LogP contribution < -0.4 is 5.32 Å². The quantitative estimate of drug-likeness (QED) is 0.759. The largest absolute Gasteiger partial charge is 0.348 e. The maximum Gasteiger partial charge on any atom is 0.270 e. The van der Waals surface area contributed by atoms with Gasteiger partial charge in [0.1, 0.15) is 5.71 Å². The second-order valence-electron chi connectivity index (χ2n) is 4.48. The van der Waals surface area contributed by atoms with Crippen LogP contribution in [-0.2, 0) is 4.79 Å². The molecule has 16 heavy (non-hydrogen) atoms. The molecule has 2 rings (SSSR count). The first-order valence-electron chi connectivity index (χ1n) is 5.99. The minimum Gasteiger partial charge on any atom is -0.348 e. The van der Waals surface area contributed by atoms with Crippen LogP contribution in [0.3, 0.4) is 0 Å². The number of amides is 1. The van der Waals surface area contributed by atoms with Gasteiger partial charge in [0.05, 0.1) is 0 Å². The van der Waals surface area contributed by atoms with Crippen LogP contribution in [0.5, 0.6) is 0 Å². The summed E-state index contributed by atoms with van der Waals surface area (Å²) in [4.78, 5) is 16.0. The van der Waals surface area contributed by atoms with Crippen molar-refractivity contribution in [2.45, 2.75) is 44.6 Å². The van der Waals surface area contributed by atoms with E-state index in [0.29, 0.717) is 11.8 Å². The predicted octanol–water partition coefficient (Wildman–Crippen LogP) is 2.35. The van der Waals surface area contributed by atoms with Gasteiger partial charge in [-0.25, -0.2) is 0 Å². The molecule has 0 atom stereocenters. The molecule has 1 amide bonds. The first-order chi connectivity index (χ1) is 7.77. The molecule has 0 aromatic heterocycles. The van der Waals surface area contributed by atoms with E-state index in [1.54, 1.807) is 6.20 Å². The lowest BCUT2D eigenvalue weighted by atomic mass is 9.95. The highest BCUT2D eigenvalue weighted by molar-refractivity contribution is 6.45. The highest BCUT2D eigenvalue weighted by atomic mass is 16.1. The number of hydrogen-bond donors (Lipinski definition) is 1. The van der Waals surface area contributed by atoms with Gasteiger partial charge >= 0.3 is 0 Å². The highest BCUT2D eigenvalue weighted by Crippen LogP contribution is 2.18.